The number of rotatable bonds is 10. The average molecular weight is 854 g/mol. The van der Waals surface area contributed by atoms with Gasteiger partial charge in [0.05, 0.1) is 6.20 Å². The Balaban J connectivity index is 0.00000448. The van der Waals surface area contributed by atoms with E-state index in [2.05, 4.69) is 138 Å². The van der Waals surface area contributed by atoms with E-state index in [9.17, 15) is 0 Å². The Hall–Kier alpha value is -4.47. The Morgan fingerprint density at radius 1 is 0.843 bits per heavy atom. The molecule has 0 aliphatic rings. The number of fused-ring (bicyclic) bond motifs is 3. The van der Waals surface area contributed by atoms with Gasteiger partial charge in [0.25, 0.3) is 0 Å². The molecule has 7 rings (SSSR count). The molecule has 0 aliphatic carbocycles. The van der Waals surface area contributed by atoms with Gasteiger partial charge >= 0.3 is 21.1 Å². The number of para-hydroxylation sites is 1. The second-order valence-electron chi connectivity index (χ2n) is 15.2. The Labute approximate surface area is 317 Å². The van der Waals surface area contributed by atoms with E-state index in [-0.39, 0.29) is 26.5 Å². The van der Waals surface area contributed by atoms with Crippen LogP contribution in [0.3, 0.4) is 0 Å². The van der Waals surface area contributed by atoms with Gasteiger partial charge in [0.2, 0.25) is 0 Å². The van der Waals surface area contributed by atoms with Gasteiger partial charge in [-0.2, -0.15) is 16.7 Å². The molecule has 262 valence electrons. The molecule has 0 N–H and O–H groups in total. The Morgan fingerprint density at radius 3 is 2.47 bits per heavy atom. The molecule has 0 fully saturated rings. The molecule has 3 aromatic heterocycles. The van der Waals surface area contributed by atoms with E-state index in [0.717, 1.165) is 70.1 Å². The van der Waals surface area contributed by atoms with Gasteiger partial charge in [0, 0.05) is 35.0 Å². The second-order valence-corrected chi connectivity index (χ2v) is 15.2. The molecule has 7 aromatic rings. The Morgan fingerprint density at radius 2 is 1.67 bits per heavy atom. The fourth-order valence-corrected chi connectivity index (χ4v) is 6.77. The number of aryl methyl sites for hydroxylation is 4. The van der Waals surface area contributed by atoms with Crippen molar-refractivity contribution in [3.63, 3.8) is 0 Å². The van der Waals surface area contributed by atoms with Crippen LogP contribution in [0.2, 0.25) is 0 Å². The van der Waals surface area contributed by atoms with E-state index in [0.29, 0.717) is 17.4 Å². The van der Waals surface area contributed by atoms with Crippen molar-refractivity contribution in [2.45, 2.75) is 74.1 Å². The van der Waals surface area contributed by atoms with Gasteiger partial charge in [-0.15, -0.1) is 35.7 Å². The third-order valence-corrected chi connectivity index (χ3v) is 9.42. The maximum Gasteiger partial charge on any atom is 2.00 e. The molecule has 0 aliphatic heterocycles. The first-order valence-corrected chi connectivity index (χ1v) is 17.8. The molecule has 0 saturated heterocycles. The molecule has 0 bridgehead atoms. The van der Waals surface area contributed by atoms with Gasteiger partial charge in [0.15, 0.2) is 0 Å². The molecule has 6 heteroatoms. The zero-order chi connectivity index (χ0) is 35.0. The minimum atomic E-state index is 0. The number of pyridine rings is 1. The maximum atomic E-state index is 6.51. The molecular formula is C45H46N4OPt. The Kier molecular flexibility index (Phi) is 10.7. The monoisotopic (exact) mass is 853 g/mol. The largest absolute Gasteiger partial charge is 2.00 e. The van der Waals surface area contributed by atoms with Gasteiger partial charge in [-0.1, -0.05) is 83.5 Å². The summed E-state index contributed by atoms with van der Waals surface area (Å²) < 4.78 is 10.6. The molecule has 5 nitrogen and oxygen atoms in total. The molecule has 0 atom stereocenters. The molecule has 3 heterocycles. The standard InChI is InChI=1S/C45H46N4O.Pt/c1-30(2)15-16-33-20-22-46-43(25-33)49-41-14-9-8-13-39(41)40-18-17-37(27-42(40)49)50-38-24-31(3)23-36(26-38)48-29-35(28-47-48)44-32(4)11-10-12-34(44)19-21-45(5,6)7;/h8-14,17-18,20,22-25,28-30H,15-16,19,21H2,1-7H3;/q-2;+2. The summed E-state index contributed by atoms with van der Waals surface area (Å²) in [6, 6.07) is 34.7. The fourth-order valence-electron chi connectivity index (χ4n) is 6.77. The van der Waals surface area contributed by atoms with Crippen molar-refractivity contribution in [3.05, 3.63) is 132 Å². The van der Waals surface area contributed by atoms with Crippen molar-refractivity contribution < 1.29 is 25.8 Å². The van der Waals surface area contributed by atoms with Crippen LogP contribution in [0.5, 0.6) is 11.5 Å². The molecule has 0 spiro atoms. The number of benzene rings is 4. The SMILES string of the molecule is Cc1cc(Oc2[c-]c3c(cc2)c2ccccc2n3-c2cc(CCC(C)C)ccn2)[c-]c(-n2cc(-c3c(C)cccc3CCC(C)(C)C)cn2)c1.[Pt+2]. The Bertz CT molecular complexity index is 2310. The molecule has 0 unspecified atom stereocenters. The van der Waals surface area contributed by atoms with Gasteiger partial charge in [-0.25, -0.2) is 4.98 Å². The quantitative estimate of drug-likeness (QED) is 0.129. The molecular weight excluding hydrogens is 808 g/mol. The van der Waals surface area contributed by atoms with Crippen LogP contribution in [0.25, 0.3) is 44.4 Å². The zero-order valence-corrected chi connectivity index (χ0v) is 32.9. The smallest absolute Gasteiger partial charge is 0.509 e. The van der Waals surface area contributed by atoms with E-state index in [1.165, 1.54) is 22.3 Å². The minimum absolute atomic E-state index is 0. The summed E-state index contributed by atoms with van der Waals surface area (Å²) in [5.41, 5.74) is 10.5. The maximum absolute atomic E-state index is 6.51. The van der Waals surface area contributed by atoms with E-state index in [4.69, 9.17) is 14.8 Å². The van der Waals surface area contributed by atoms with E-state index in [1.807, 2.05) is 29.2 Å². The number of ether oxygens (including phenoxy) is 1. The first-order valence-electron chi connectivity index (χ1n) is 17.8. The first kappa shape index (κ1) is 36.3. The zero-order valence-electron chi connectivity index (χ0n) is 30.7. The van der Waals surface area contributed by atoms with Crippen LogP contribution in [0, 0.1) is 37.3 Å². The number of nitrogens with zero attached hydrogens (tertiary/aromatic N) is 4. The van der Waals surface area contributed by atoms with Crippen LogP contribution < -0.4 is 4.74 Å². The van der Waals surface area contributed by atoms with Crippen LogP contribution in [-0.2, 0) is 33.9 Å². The van der Waals surface area contributed by atoms with Crippen LogP contribution >= 0.6 is 0 Å². The van der Waals surface area contributed by atoms with E-state index >= 15 is 0 Å². The van der Waals surface area contributed by atoms with Crippen molar-refractivity contribution in [2.24, 2.45) is 11.3 Å². The first-order chi connectivity index (χ1) is 24.0. The summed E-state index contributed by atoms with van der Waals surface area (Å²) >= 11 is 0. The molecule has 0 amide bonds. The second kappa shape index (κ2) is 15.0. The number of hydrogen-bond donors (Lipinski definition) is 0. The summed E-state index contributed by atoms with van der Waals surface area (Å²) in [4.78, 5) is 4.82. The van der Waals surface area contributed by atoms with Crippen LogP contribution in [-0.4, -0.2) is 19.3 Å². The van der Waals surface area contributed by atoms with E-state index < -0.39 is 0 Å². The van der Waals surface area contributed by atoms with Crippen molar-refractivity contribution in [1.29, 1.82) is 0 Å². The summed E-state index contributed by atoms with van der Waals surface area (Å²) in [6.45, 7) is 15.7. The fraction of sp³-hybridized carbons (Fsp3) is 0.289. The van der Waals surface area contributed by atoms with Gasteiger partial charge in [0.1, 0.15) is 5.82 Å². The molecule has 51 heavy (non-hydrogen) atoms. The van der Waals surface area contributed by atoms with Crippen LogP contribution in [0.4, 0.5) is 0 Å². The van der Waals surface area contributed by atoms with E-state index in [1.54, 1.807) is 0 Å². The number of aromatic nitrogens is 4. The summed E-state index contributed by atoms with van der Waals surface area (Å²) in [6.07, 6.45) is 10.3. The van der Waals surface area contributed by atoms with Crippen molar-refractivity contribution >= 4 is 21.8 Å². The van der Waals surface area contributed by atoms with Gasteiger partial charge in [-0.05, 0) is 95.5 Å². The third-order valence-electron chi connectivity index (χ3n) is 9.42. The topological polar surface area (TPSA) is 44.9 Å². The predicted molar refractivity (Wildman–Crippen MR) is 206 cm³/mol. The molecule has 0 radical (unpaired) electrons. The average Bonchev–Trinajstić information content (AvgIpc) is 3.69. The summed E-state index contributed by atoms with van der Waals surface area (Å²) in [5, 5.41) is 7.07. The van der Waals surface area contributed by atoms with Crippen LogP contribution in [0.1, 0.15) is 69.7 Å². The predicted octanol–water partition coefficient (Wildman–Crippen LogP) is 11.6. The third kappa shape index (κ3) is 8.05. The van der Waals surface area contributed by atoms with Gasteiger partial charge < -0.3 is 9.30 Å². The normalized spacial score (nSPS) is 11.8. The molecule has 4 aromatic carbocycles. The molecule has 0 saturated carbocycles. The van der Waals surface area contributed by atoms with Crippen LogP contribution in [0.15, 0.2) is 97.5 Å². The minimum Gasteiger partial charge on any atom is -0.509 e. The summed E-state index contributed by atoms with van der Waals surface area (Å²) in [7, 11) is 0. The summed E-state index contributed by atoms with van der Waals surface area (Å²) in [5.74, 6) is 2.77. The van der Waals surface area contributed by atoms with Crippen molar-refractivity contribution in [1.82, 2.24) is 19.3 Å². The van der Waals surface area contributed by atoms with Gasteiger partial charge in [-0.3, -0.25) is 4.68 Å². The number of hydrogen-bond acceptors (Lipinski definition) is 3. The van der Waals surface area contributed by atoms with Crippen molar-refractivity contribution in [2.75, 3.05) is 0 Å². The van der Waals surface area contributed by atoms with Crippen molar-refractivity contribution in [3.8, 4) is 34.1 Å².